The predicted octanol–water partition coefficient (Wildman–Crippen LogP) is 6.51. The maximum absolute atomic E-state index is 13.4. The Kier molecular flexibility index (Phi) is 7.99. The molecule has 0 fully saturated rings. The zero-order valence-electron chi connectivity index (χ0n) is 16.0. The third-order valence-corrected chi connectivity index (χ3v) is 4.33. The van der Waals surface area contributed by atoms with E-state index < -0.39 is 71.4 Å². The average Bonchev–Trinajstić information content (AvgIpc) is 2.64. The van der Waals surface area contributed by atoms with E-state index in [9.17, 15) is 105 Å². The van der Waals surface area contributed by atoms with E-state index in [1.807, 2.05) is 0 Å². The lowest BCUT2D eigenvalue weighted by Gasteiger charge is -2.45. The van der Waals surface area contributed by atoms with Gasteiger partial charge in [0.2, 0.25) is 0 Å². The third kappa shape index (κ3) is 4.00. The number of alkyl halides is 24. The van der Waals surface area contributed by atoms with Crippen LogP contribution in [0.5, 0.6) is 0 Å². The Morgan fingerprint density at radius 1 is 0.237 bits per heavy atom. The molecule has 1 atom stereocenters. The van der Waals surface area contributed by atoms with Crippen LogP contribution in [0.15, 0.2) is 0 Å². The molecule has 2 N–H and O–H groups in total. The minimum absolute atomic E-state index is 7.46. The molecule has 0 radical (unpaired) electrons. The minimum atomic E-state index is -9.58. The number of hydrogen-bond donors (Lipinski definition) is 2. The summed E-state index contributed by atoms with van der Waals surface area (Å²) in [6.07, 6.45) is -15.6. The maximum atomic E-state index is 13.4. The molecular weight excluding hydrogens is 632 g/mol. The highest BCUT2D eigenvalue weighted by atomic mass is 19.4. The lowest BCUT2D eigenvalue weighted by molar-refractivity contribution is -0.494. The molecule has 26 heteroatoms. The first-order valence-electron chi connectivity index (χ1n) is 7.73. The van der Waals surface area contributed by atoms with E-state index in [-0.39, 0.29) is 0 Å². The minimum Gasteiger partial charge on any atom is -0.350 e. The molecular formula is C12H2F24O2. The molecule has 0 amide bonds. The molecule has 0 aromatic rings. The fourth-order valence-electron chi connectivity index (χ4n) is 1.96. The van der Waals surface area contributed by atoms with Crippen molar-refractivity contribution >= 4 is 0 Å². The average molecular weight is 634 g/mol. The Labute approximate surface area is 188 Å². The van der Waals surface area contributed by atoms with Gasteiger partial charge < -0.3 is 10.2 Å². The first-order valence-corrected chi connectivity index (χ1v) is 7.73. The summed E-state index contributed by atoms with van der Waals surface area (Å²) in [5.74, 6) is -91.0. The van der Waals surface area contributed by atoms with Crippen molar-refractivity contribution in [1.82, 2.24) is 0 Å². The van der Waals surface area contributed by atoms with Gasteiger partial charge in [0.1, 0.15) is 0 Å². The molecule has 1 unspecified atom stereocenters. The lowest BCUT2D eigenvalue weighted by atomic mass is 9.85. The summed E-state index contributed by atoms with van der Waals surface area (Å²) in [7, 11) is 0. The second kappa shape index (κ2) is 8.37. The second-order valence-corrected chi connectivity index (χ2v) is 6.83. The smallest absolute Gasteiger partial charge is 0.350 e. The van der Waals surface area contributed by atoms with Crippen LogP contribution in [0.1, 0.15) is 0 Å². The van der Waals surface area contributed by atoms with E-state index in [0.29, 0.717) is 0 Å². The van der Waals surface area contributed by atoms with Crippen molar-refractivity contribution in [3.8, 4) is 0 Å². The molecule has 0 aliphatic carbocycles. The van der Waals surface area contributed by atoms with Gasteiger partial charge in [0.25, 0.3) is 0 Å². The largest absolute Gasteiger partial charge is 0.460 e. The van der Waals surface area contributed by atoms with E-state index in [0.717, 1.165) is 0 Å². The van der Waals surface area contributed by atoms with E-state index in [4.69, 9.17) is 10.2 Å². The molecule has 0 aliphatic heterocycles. The highest BCUT2D eigenvalue weighted by Gasteiger charge is 2.99. The van der Waals surface area contributed by atoms with Crippen LogP contribution < -0.4 is 0 Å². The molecule has 0 spiro atoms. The first kappa shape index (κ1) is 36.2. The van der Waals surface area contributed by atoms with Gasteiger partial charge in [0.15, 0.2) is 0 Å². The molecule has 0 aromatic heterocycles. The molecule has 0 saturated carbocycles. The summed E-state index contributed by atoms with van der Waals surface area (Å²) >= 11 is 0. The van der Waals surface area contributed by atoms with Crippen LogP contribution in [0.3, 0.4) is 0 Å². The summed E-state index contributed by atoms with van der Waals surface area (Å²) < 4.78 is 310. The lowest BCUT2D eigenvalue weighted by Crippen LogP contribution is -2.78. The Hall–Kier alpha value is -1.76. The molecule has 38 heavy (non-hydrogen) atoms. The van der Waals surface area contributed by atoms with Crippen LogP contribution in [-0.2, 0) is 0 Å². The summed E-state index contributed by atoms with van der Waals surface area (Å²) in [6.45, 7) is 0. The Balaban J connectivity index is 7.29. The summed E-state index contributed by atoms with van der Waals surface area (Å²) in [5, 5.41) is 15.4. The second-order valence-electron chi connectivity index (χ2n) is 6.83. The Bertz CT molecular complexity index is 802. The van der Waals surface area contributed by atoms with Crippen molar-refractivity contribution in [3.63, 3.8) is 0 Å². The zero-order chi connectivity index (χ0) is 32.0. The van der Waals surface area contributed by atoms with Gasteiger partial charge in [0.05, 0.1) is 0 Å². The quantitative estimate of drug-likeness (QED) is 0.270. The molecule has 230 valence electrons. The molecule has 0 heterocycles. The topological polar surface area (TPSA) is 40.5 Å². The van der Waals surface area contributed by atoms with Crippen LogP contribution in [0.25, 0.3) is 0 Å². The van der Waals surface area contributed by atoms with Crippen molar-refractivity contribution in [2.45, 2.75) is 71.4 Å². The Morgan fingerprint density at radius 3 is 0.553 bits per heavy atom. The normalized spacial score (nSPS) is 18.5. The molecule has 0 bridgehead atoms. The third-order valence-electron chi connectivity index (χ3n) is 4.33. The van der Waals surface area contributed by atoms with E-state index >= 15 is 0 Å². The number of halogens is 24. The SMILES string of the molecule is OC(F)(F)C(O)(F)C(F)(F)C(F)(F)C(F)(F)C(F)(F)C(F)(F)C(F)(F)C(F)(F)C(F)(F)C(F)(F)C(F)(F)F. The van der Waals surface area contributed by atoms with Crippen LogP contribution >= 0.6 is 0 Å². The molecule has 0 aliphatic rings. The van der Waals surface area contributed by atoms with E-state index in [2.05, 4.69) is 0 Å². The summed E-state index contributed by atoms with van der Waals surface area (Å²) in [6, 6.07) is 0. The van der Waals surface area contributed by atoms with Crippen molar-refractivity contribution in [2.24, 2.45) is 0 Å². The summed E-state index contributed by atoms with van der Waals surface area (Å²) in [5.41, 5.74) is 0. The number of hydrogen-bond acceptors (Lipinski definition) is 2. The van der Waals surface area contributed by atoms with Gasteiger partial charge in [-0.2, -0.15) is 105 Å². The van der Waals surface area contributed by atoms with Crippen LogP contribution in [0, 0.1) is 0 Å². The monoisotopic (exact) mass is 634 g/mol. The first-order chi connectivity index (χ1) is 15.8. The van der Waals surface area contributed by atoms with Crippen LogP contribution in [0.2, 0.25) is 0 Å². The van der Waals surface area contributed by atoms with Crippen molar-refractivity contribution in [1.29, 1.82) is 0 Å². The van der Waals surface area contributed by atoms with Gasteiger partial charge in [-0.15, -0.1) is 0 Å². The van der Waals surface area contributed by atoms with E-state index in [1.54, 1.807) is 0 Å². The molecule has 2 nitrogen and oxygen atoms in total. The fraction of sp³-hybridized carbons (Fsp3) is 1.00. The van der Waals surface area contributed by atoms with E-state index in [1.165, 1.54) is 0 Å². The van der Waals surface area contributed by atoms with Gasteiger partial charge in [-0.3, -0.25) is 0 Å². The Morgan fingerprint density at radius 2 is 0.395 bits per heavy atom. The van der Waals surface area contributed by atoms with Gasteiger partial charge in [-0.05, 0) is 0 Å². The molecule has 0 saturated heterocycles. The van der Waals surface area contributed by atoms with Crippen LogP contribution in [0.4, 0.5) is 105 Å². The van der Waals surface area contributed by atoms with Gasteiger partial charge in [-0.1, -0.05) is 0 Å². The zero-order valence-corrected chi connectivity index (χ0v) is 16.0. The van der Waals surface area contributed by atoms with Crippen molar-refractivity contribution in [3.05, 3.63) is 0 Å². The maximum Gasteiger partial charge on any atom is 0.460 e. The fourth-order valence-corrected chi connectivity index (χ4v) is 1.96. The number of rotatable bonds is 10. The predicted molar refractivity (Wildman–Crippen MR) is 63.8 cm³/mol. The number of aliphatic hydroxyl groups is 2. The highest BCUT2D eigenvalue weighted by Crippen LogP contribution is 2.67. The van der Waals surface area contributed by atoms with Gasteiger partial charge in [0, 0.05) is 0 Å². The van der Waals surface area contributed by atoms with Crippen LogP contribution in [-0.4, -0.2) is 81.7 Å². The van der Waals surface area contributed by atoms with Crippen molar-refractivity contribution in [2.75, 3.05) is 0 Å². The van der Waals surface area contributed by atoms with Gasteiger partial charge in [-0.25, -0.2) is 0 Å². The van der Waals surface area contributed by atoms with Gasteiger partial charge >= 0.3 is 71.4 Å². The highest BCUT2D eigenvalue weighted by molar-refractivity contribution is 5.19. The molecule has 0 rings (SSSR count). The molecule has 0 aromatic carbocycles. The van der Waals surface area contributed by atoms with Crippen molar-refractivity contribution < 1.29 is 116 Å². The standard InChI is InChI=1S/C12H2F24O2/c13-1(14,3(17,18)5(21,22)7(25,26)9(29,30)11(32,33)34)2(15,16)4(19,20)6(23,24)8(27,28)10(31,37)12(35,36)38/h37-38H. The summed E-state index contributed by atoms with van der Waals surface area (Å²) in [4.78, 5) is 0.